The second-order valence-electron chi connectivity index (χ2n) is 6.03. The average Bonchev–Trinajstić information content (AvgIpc) is 2.56. The maximum Gasteiger partial charge on any atom is 0.306 e. The van der Waals surface area contributed by atoms with E-state index in [-0.39, 0.29) is 12.1 Å². The van der Waals surface area contributed by atoms with Gasteiger partial charge in [0.05, 0.1) is 6.42 Å². The molecule has 2 nitrogen and oxygen atoms in total. The summed E-state index contributed by atoms with van der Waals surface area (Å²) >= 11 is 0. The van der Waals surface area contributed by atoms with Gasteiger partial charge in [-0.15, -0.1) is 0 Å². The number of allylic oxidation sites excluding steroid dienone is 1. The fourth-order valence-electron chi connectivity index (χ4n) is 3.86. The van der Waals surface area contributed by atoms with Crippen LogP contribution in [-0.2, 0) is 9.53 Å². The van der Waals surface area contributed by atoms with Crippen molar-refractivity contribution >= 4 is 5.97 Å². The van der Waals surface area contributed by atoms with Gasteiger partial charge in [-0.1, -0.05) is 25.5 Å². The first-order valence-corrected chi connectivity index (χ1v) is 6.48. The van der Waals surface area contributed by atoms with Crippen LogP contribution in [0.2, 0.25) is 0 Å². The van der Waals surface area contributed by atoms with Crippen molar-refractivity contribution in [3.63, 3.8) is 0 Å². The third-order valence-electron chi connectivity index (χ3n) is 5.16. The number of esters is 1. The third kappa shape index (κ3) is 1.35. The highest BCUT2D eigenvalue weighted by molar-refractivity contribution is 5.72. The van der Waals surface area contributed by atoms with Crippen molar-refractivity contribution in [1.29, 1.82) is 0 Å². The van der Waals surface area contributed by atoms with E-state index in [0.717, 1.165) is 18.8 Å². The van der Waals surface area contributed by atoms with E-state index >= 15 is 0 Å². The van der Waals surface area contributed by atoms with Gasteiger partial charge < -0.3 is 4.74 Å². The van der Waals surface area contributed by atoms with E-state index in [1.54, 1.807) is 5.57 Å². The van der Waals surface area contributed by atoms with Crippen molar-refractivity contribution in [1.82, 2.24) is 0 Å². The third-order valence-corrected chi connectivity index (χ3v) is 5.16. The molecule has 4 unspecified atom stereocenters. The number of carbonyl (C=O) groups excluding carboxylic acids is 1. The molecule has 0 aromatic rings. The SMILES string of the molecule is CC1CCC=C2CC3OC(=O)CC3CC21C. The van der Waals surface area contributed by atoms with Gasteiger partial charge in [-0.25, -0.2) is 0 Å². The van der Waals surface area contributed by atoms with Gasteiger partial charge in [-0.2, -0.15) is 0 Å². The minimum absolute atomic E-state index is 0.0190. The monoisotopic (exact) mass is 220 g/mol. The Kier molecular flexibility index (Phi) is 2.17. The summed E-state index contributed by atoms with van der Waals surface area (Å²) in [5, 5.41) is 0. The van der Waals surface area contributed by atoms with Crippen LogP contribution < -0.4 is 0 Å². The fourth-order valence-corrected chi connectivity index (χ4v) is 3.86. The molecular weight excluding hydrogens is 200 g/mol. The smallest absolute Gasteiger partial charge is 0.306 e. The highest BCUT2D eigenvalue weighted by atomic mass is 16.5. The van der Waals surface area contributed by atoms with Gasteiger partial charge in [0.2, 0.25) is 0 Å². The molecule has 1 aliphatic heterocycles. The summed E-state index contributed by atoms with van der Waals surface area (Å²) in [6, 6.07) is 0. The van der Waals surface area contributed by atoms with Gasteiger partial charge in [0.25, 0.3) is 0 Å². The lowest BCUT2D eigenvalue weighted by atomic mass is 9.58. The summed E-state index contributed by atoms with van der Waals surface area (Å²) in [5.74, 6) is 1.25. The Morgan fingerprint density at radius 1 is 1.44 bits per heavy atom. The summed E-state index contributed by atoms with van der Waals surface area (Å²) in [6.07, 6.45) is 7.90. The molecular formula is C14H20O2. The molecule has 1 saturated carbocycles. The lowest BCUT2D eigenvalue weighted by Crippen LogP contribution is -2.40. The first-order chi connectivity index (χ1) is 7.59. The highest BCUT2D eigenvalue weighted by Crippen LogP contribution is 2.54. The van der Waals surface area contributed by atoms with Gasteiger partial charge in [-0.3, -0.25) is 4.79 Å². The number of ether oxygens (including phenoxy) is 1. The summed E-state index contributed by atoms with van der Waals surface area (Å²) in [4.78, 5) is 11.4. The van der Waals surface area contributed by atoms with E-state index in [2.05, 4.69) is 19.9 Å². The van der Waals surface area contributed by atoms with E-state index in [1.165, 1.54) is 12.8 Å². The van der Waals surface area contributed by atoms with Gasteiger partial charge >= 0.3 is 5.97 Å². The molecule has 0 N–H and O–H groups in total. The zero-order valence-electron chi connectivity index (χ0n) is 10.2. The largest absolute Gasteiger partial charge is 0.462 e. The number of rotatable bonds is 0. The molecule has 0 spiro atoms. The number of hydrogen-bond acceptors (Lipinski definition) is 2. The molecule has 2 heteroatoms. The quantitative estimate of drug-likeness (QED) is 0.463. The molecule has 0 bridgehead atoms. The lowest BCUT2D eigenvalue weighted by molar-refractivity contribution is -0.141. The van der Waals surface area contributed by atoms with Crippen molar-refractivity contribution in [3.05, 3.63) is 11.6 Å². The Balaban J connectivity index is 1.91. The molecule has 88 valence electrons. The van der Waals surface area contributed by atoms with Gasteiger partial charge in [0.1, 0.15) is 6.10 Å². The van der Waals surface area contributed by atoms with Gasteiger partial charge in [0, 0.05) is 12.3 Å². The molecule has 3 aliphatic rings. The summed E-state index contributed by atoms with van der Waals surface area (Å²) in [7, 11) is 0. The van der Waals surface area contributed by atoms with Crippen LogP contribution >= 0.6 is 0 Å². The molecule has 0 aromatic carbocycles. The van der Waals surface area contributed by atoms with Gasteiger partial charge in [0.15, 0.2) is 0 Å². The average molecular weight is 220 g/mol. The maximum absolute atomic E-state index is 11.4. The Bertz CT molecular complexity index is 358. The van der Waals surface area contributed by atoms with Crippen molar-refractivity contribution < 1.29 is 9.53 Å². The molecule has 0 radical (unpaired) electrons. The van der Waals surface area contributed by atoms with Crippen LogP contribution in [-0.4, -0.2) is 12.1 Å². The molecule has 2 fully saturated rings. The molecule has 3 rings (SSSR count). The first-order valence-electron chi connectivity index (χ1n) is 6.48. The topological polar surface area (TPSA) is 26.3 Å². The van der Waals surface area contributed by atoms with Crippen LogP contribution in [0.1, 0.15) is 46.0 Å². The highest BCUT2D eigenvalue weighted by Gasteiger charge is 2.49. The minimum Gasteiger partial charge on any atom is -0.462 e. The lowest BCUT2D eigenvalue weighted by Gasteiger charge is -2.47. The Labute approximate surface area is 97.1 Å². The van der Waals surface area contributed by atoms with Crippen molar-refractivity contribution in [2.24, 2.45) is 17.3 Å². The van der Waals surface area contributed by atoms with Crippen LogP contribution in [0, 0.1) is 17.3 Å². The molecule has 4 atom stereocenters. The van der Waals surface area contributed by atoms with Crippen LogP contribution in [0.5, 0.6) is 0 Å². The number of hydrogen-bond donors (Lipinski definition) is 0. The van der Waals surface area contributed by atoms with E-state index in [1.807, 2.05) is 0 Å². The predicted octanol–water partition coefficient (Wildman–Crippen LogP) is 3.07. The normalized spacial score (nSPS) is 46.8. The standard InChI is InChI=1S/C14H20O2/c1-9-4-3-5-11-7-12-10(6-13(15)16-12)8-14(9,11)2/h5,9-10,12H,3-4,6-8H2,1-2H3. The van der Waals surface area contributed by atoms with Crippen LogP contribution in [0.4, 0.5) is 0 Å². The Morgan fingerprint density at radius 2 is 2.25 bits per heavy atom. The molecule has 0 aromatic heterocycles. The fraction of sp³-hybridized carbons (Fsp3) is 0.786. The van der Waals surface area contributed by atoms with Crippen molar-refractivity contribution in [2.75, 3.05) is 0 Å². The van der Waals surface area contributed by atoms with Crippen LogP contribution in [0.3, 0.4) is 0 Å². The predicted molar refractivity (Wildman–Crippen MR) is 61.8 cm³/mol. The van der Waals surface area contributed by atoms with Crippen LogP contribution in [0.15, 0.2) is 11.6 Å². The summed E-state index contributed by atoms with van der Waals surface area (Å²) in [6.45, 7) is 4.76. The first kappa shape index (κ1) is 10.4. The van der Waals surface area contributed by atoms with Crippen LogP contribution in [0.25, 0.3) is 0 Å². The Morgan fingerprint density at radius 3 is 3.06 bits per heavy atom. The van der Waals surface area contributed by atoms with Crippen molar-refractivity contribution in [2.45, 2.75) is 52.1 Å². The summed E-state index contributed by atoms with van der Waals surface area (Å²) in [5.41, 5.74) is 1.90. The minimum atomic E-state index is 0.0190. The van der Waals surface area contributed by atoms with E-state index in [9.17, 15) is 4.79 Å². The molecule has 2 aliphatic carbocycles. The number of fused-ring (bicyclic) bond motifs is 2. The second-order valence-corrected chi connectivity index (χ2v) is 6.03. The molecule has 1 heterocycles. The Hall–Kier alpha value is -0.790. The maximum atomic E-state index is 11.4. The zero-order valence-corrected chi connectivity index (χ0v) is 10.2. The zero-order chi connectivity index (χ0) is 11.3. The molecule has 1 saturated heterocycles. The number of carbonyl (C=O) groups is 1. The van der Waals surface area contributed by atoms with E-state index < -0.39 is 0 Å². The van der Waals surface area contributed by atoms with E-state index in [0.29, 0.717) is 17.8 Å². The molecule has 16 heavy (non-hydrogen) atoms. The molecule has 0 amide bonds. The van der Waals surface area contributed by atoms with E-state index in [4.69, 9.17) is 4.74 Å². The summed E-state index contributed by atoms with van der Waals surface area (Å²) < 4.78 is 5.41. The second kappa shape index (κ2) is 3.35. The van der Waals surface area contributed by atoms with Gasteiger partial charge in [-0.05, 0) is 30.6 Å². The van der Waals surface area contributed by atoms with Crippen molar-refractivity contribution in [3.8, 4) is 0 Å².